The first-order valence-electron chi connectivity index (χ1n) is 20.4. The van der Waals surface area contributed by atoms with Gasteiger partial charge in [0, 0.05) is 0 Å². The van der Waals surface area contributed by atoms with Crippen LogP contribution < -0.4 is 10.6 Å². The maximum Gasteiger partial charge on any atom is 0.408 e. The molecule has 0 aromatic carbocycles. The lowest BCUT2D eigenvalue weighted by atomic mass is 9.95. The first-order chi connectivity index (χ1) is 29.3. The summed E-state index contributed by atoms with van der Waals surface area (Å²) in [4.78, 5) is 110. The van der Waals surface area contributed by atoms with E-state index in [1.165, 1.54) is 13.8 Å². The van der Waals surface area contributed by atoms with Crippen molar-refractivity contribution in [2.24, 2.45) is 23.7 Å². The van der Waals surface area contributed by atoms with Gasteiger partial charge in [-0.05, 0) is 68.2 Å². The van der Waals surface area contributed by atoms with Gasteiger partial charge in [0.05, 0.1) is 37.2 Å². The van der Waals surface area contributed by atoms with Crippen molar-refractivity contribution in [3.63, 3.8) is 0 Å². The van der Waals surface area contributed by atoms with Crippen molar-refractivity contribution in [3.05, 3.63) is 0 Å². The third kappa shape index (κ3) is 21.4. The molecule has 0 saturated carbocycles. The van der Waals surface area contributed by atoms with E-state index in [2.05, 4.69) is 15.4 Å². The van der Waals surface area contributed by atoms with Crippen LogP contribution in [0.15, 0.2) is 0 Å². The van der Waals surface area contributed by atoms with Gasteiger partial charge in [0.15, 0.2) is 24.3 Å². The highest BCUT2D eigenvalue weighted by molar-refractivity contribution is 7.85. The van der Waals surface area contributed by atoms with Crippen molar-refractivity contribution in [1.82, 2.24) is 10.6 Å². The van der Waals surface area contributed by atoms with E-state index >= 15 is 0 Å². The molecule has 2 amide bonds. The maximum absolute atomic E-state index is 12.8. The lowest BCUT2D eigenvalue weighted by Crippen LogP contribution is -2.48. The number of carbonyl (C=O) groups is 9. The van der Waals surface area contributed by atoms with E-state index in [1.54, 1.807) is 69.2 Å². The van der Waals surface area contributed by atoms with Crippen molar-refractivity contribution in [2.75, 3.05) is 32.7 Å². The molecule has 24 heteroatoms. The molecule has 2 aliphatic heterocycles. The van der Waals surface area contributed by atoms with Crippen LogP contribution in [0.1, 0.15) is 95.9 Å². The quantitative estimate of drug-likeness (QED) is 0.0827. The smallest absolute Gasteiger partial charge is 0.408 e. The number of cyclic esters (lactones) is 4. The van der Waals surface area contributed by atoms with Gasteiger partial charge in [-0.25, -0.2) is 19.2 Å². The number of alkyl carbamates (subject to hydrolysis) is 2. The van der Waals surface area contributed by atoms with Crippen LogP contribution in [0, 0.1) is 23.7 Å². The van der Waals surface area contributed by atoms with E-state index in [-0.39, 0.29) is 25.9 Å². The monoisotopic (exact) mass is 940 g/mol. The van der Waals surface area contributed by atoms with E-state index in [4.69, 9.17) is 42.1 Å². The predicted molar refractivity (Wildman–Crippen MR) is 218 cm³/mol. The largest absolute Gasteiger partial charge is 0.468 e. The summed E-state index contributed by atoms with van der Waals surface area (Å²) in [6.07, 6.45) is -5.83. The lowest BCUT2D eigenvalue weighted by Gasteiger charge is -2.29. The molecule has 0 spiro atoms. The summed E-state index contributed by atoms with van der Waals surface area (Å²) in [6, 6.07) is -2.70. The molecule has 2 N–H and O–H groups in total. The average Bonchev–Trinajstić information content (AvgIpc) is 3.19. The van der Waals surface area contributed by atoms with Gasteiger partial charge in [0.25, 0.3) is 16.6 Å². The van der Waals surface area contributed by atoms with Crippen LogP contribution in [0.5, 0.6) is 0 Å². The molecule has 366 valence electrons. The molecule has 23 nitrogen and oxygen atoms in total. The summed E-state index contributed by atoms with van der Waals surface area (Å²) >= 11 is 0. The number of rotatable bonds is 14. The number of esters is 6. The van der Waals surface area contributed by atoms with E-state index < -0.39 is 149 Å². The molecule has 0 bridgehead atoms. The van der Waals surface area contributed by atoms with Crippen molar-refractivity contribution in [2.45, 2.75) is 144 Å². The Morgan fingerprint density at radius 1 is 0.672 bits per heavy atom. The topological polar surface area (TPSA) is 304 Å². The highest BCUT2D eigenvalue weighted by atomic mass is 32.2. The minimum absolute atomic E-state index is 0.0281. The number of carbonyl (C=O) groups excluding carboxylic acids is 9. The highest BCUT2D eigenvalue weighted by Gasteiger charge is 2.44. The zero-order valence-corrected chi connectivity index (χ0v) is 39.4. The van der Waals surface area contributed by atoms with Gasteiger partial charge < -0.3 is 53.3 Å². The molecule has 0 unspecified atom stereocenters. The Kier molecular flexibility index (Phi) is 22.4. The van der Waals surface area contributed by atoms with E-state index in [0.717, 1.165) is 6.26 Å². The van der Waals surface area contributed by atoms with Gasteiger partial charge >= 0.3 is 48.0 Å². The van der Waals surface area contributed by atoms with E-state index in [9.17, 15) is 51.6 Å². The van der Waals surface area contributed by atoms with E-state index in [1.807, 2.05) is 0 Å². The summed E-state index contributed by atoms with van der Waals surface area (Å²) in [6.45, 7) is 17.7. The number of nitrogens with one attached hydrogen (secondary N) is 2. The Bertz CT molecular complexity index is 1750. The van der Waals surface area contributed by atoms with Crippen LogP contribution in [0.4, 0.5) is 9.59 Å². The number of hydrogen-bond donors (Lipinski definition) is 2. The molecule has 8 atom stereocenters. The molecule has 2 aliphatic rings. The molecule has 64 heavy (non-hydrogen) atoms. The molecular formula is C40H64N2O21S. The Morgan fingerprint density at radius 2 is 1.03 bits per heavy atom. The molecule has 2 rings (SSSR count). The maximum atomic E-state index is 12.8. The summed E-state index contributed by atoms with van der Waals surface area (Å²) in [5.41, 5.74) is -1.65. The number of amides is 2. The molecular weight excluding hydrogens is 877 g/mol. The molecule has 0 aromatic rings. The zero-order valence-electron chi connectivity index (χ0n) is 38.6. The Hall–Kier alpha value is -5.26. The summed E-state index contributed by atoms with van der Waals surface area (Å²) in [5.74, 6) is -8.07. The summed E-state index contributed by atoms with van der Waals surface area (Å²) in [5, 5.41) is 4.60. The normalized spacial score (nSPS) is 24.6. The Balaban J connectivity index is 0.000000641. The van der Waals surface area contributed by atoms with Gasteiger partial charge in [0.2, 0.25) is 0 Å². The lowest BCUT2D eigenvalue weighted by molar-refractivity contribution is -0.177. The fourth-order valence-electron chi connectivity index (χ4n) is 5.40. The van der Waals surface area contributed by atoms with Gasteiger partial charge in [0.1, 0.15) is 42.5 Å². The van der Waals surface area contributed by atoms with Crippen LogP contribution in [0.25, 0.3) is 0 Å². The third-order valence-electron chi connectivity index (χ3n) is 8.45. The van der Waals surface area contributed by atoms with Crippen molar-refractivity contribution in [3.8, 4) is 0 Å². The second-order valence-electron chi connectivity index (χ2n) is 17.3. The van der Waals surface area contributed by atoms with Gasteiger partial charge in [-0.3, -0.25) is 28.2 Å². The zero-order chi connectivity index (χ0) is 49.3. The minimum atomic E-state index is -3.79. The first-order valence-corrected chi connectivity index (χ1v) is 22.2. The SMILES string of the molecule is CC(C)C(=O)O[C@H]1[C@H](C)OC(=O)[C@@H](NC(=O)OC(C)(C)C)COC(=O)[C@@H]1CCOC=O.CC(C)C(=O)O[C@H]1[C@H](C)OC(=O)[C@@H](NC(=O)OC(C)(C)C)COC(=O)[C@@H]1CCOS(C)(=O)=O. The standard InChI is InChI=1S/C20H33NO11S.C20H31NO10/c1-11(2)16(22)31-15-12(3)30-18(24)14(21-19(25)32-20(4,5)6)10-28-17(23)13(15)8-9-29-33(7,26)27;1-11(2)16(23)30-15-12(3)29-18(25)14(21-19(26)31-20(4,5)6)9-28-17(24)13(15)7-8-27-10-22/h11-15H,8-10H2,1-7H3,(H,21,25);10-15H,7-9H2,1-6H3,(H,21,26)/t2*12-,13+,14-,15-/m00/s1. The first kappa shape index (κ1) is 56.8. The Morgan fingerprint density at radius 3 is 1.34 bits per heavy atom. The van der Waals surface area contributed by atoms with Crippen LogP contribution in [0.3, 0.4) is 0 Å². The van der Waals surface area contributed by atoms with Crippen molar-refractivity contribution >= 4 is 64.6 Å². The van der Waals surface area contributed by atoms with Crippen LogP contribution in [-0.4, -0.2) is 143 Å². The number of hydrogen-bond acceptors (Lipinski definition) is 21. The molecule has 0 aliphatic carbocycles. The van der Waals surface area contributed by atoms with Crippen LogP contribution in [-0.2, 0) is 90.5 Å². The second kappa shape index (κ2) is 25.3. The van der Waals surface area contributed by atoms with Crippen molar-refractivity contribution < 1.29 is 98.4 Å². The minimum Gasteiger partial charge on any atom is -0.468 e. The van der Waals surface area contributed by atoms with Crippen LogP contribution >= 0.6 is 0 Å². The molecule has 0 aromatic heterocycles. The third-order valence-corrected chi connectivity index (χ3v) is 9.05. The Labute approximate surface area is 372 Å². The fraction of sp³-hybridized carbons (Fsp3) is 0.775. The second-order valence-corrected chi connectivity index (χ2v) is 19.0. The summed E-state index contributed by atoms with van der Waals surface area (Å²) in [7, 11) is -3.79. The summed E-state index contributed by atoms with van der Waals surface area (Å²) < 4.78 is 74.1. The average molecular weight is 941 g/mol. The molecule has 0 radical (unpaired) electrons. The van der Waals surface area contributed by atoms with Gasteiger partial charge in [-0.15, -0.1) is 0 Å². The van der Waals surface area contributed by atoms with Gasteiger partial charge in [-0.1, -0.05) is 27.7 Å². The molecule has 2 fully saturated rings. The van der Waals surface area contributed by atoms with Crippen LogP contribution in [0.2, 0.25) is 0 Å². The highest BCUT2D eigenvalue weighted by Crippen LogP contribution is 2.26. The van der Waals surface area contributed by atoms with E-state index in [0.29, 0.717) is 0 Å². The fourth-order valence-corrected chi connectivity index (χ4v) is 5.80. The predicted octanol–water partition coefficient (Wildman–Crippen LogP) is 2.03. The molecule has 2 heterocycles. The van der Waals surface area contributed by atoms with Gasteiger partial charge in [-0.2, -0.15) is 8.42 Å². The number of ether oxygens (including phenoxy) is 9. The van der Waals surface area contributed by atoms with Crippen molar-refractivity contribution in [1.29, 1.82) is 0 Å². The molecule has 2 saturated heterocycles.